The highest BCUT2D eigenvalue weighted by atomic mass is 32.1. The van der Waals surface area contributed by atoms with Crippen LogP contribution in [0.5, 0.6) is 0 Å². The molecule has 116 valence electrons. The average Bonchev–Trinajstić information content (AvgIpc) is 2.85. The molecule has 22 heavy (non-hydrogen) atoms. The average molecular weight is 316 g/mol. The molecule has 0 spiro atoms. The van der Waals surface area contributed by atoms with Crippen LogP contribution in [-0.2, 0) is 0 Å². The molecule has 1 N–H and O–H groups in total. The standard InChI is InChI=1S/C15H20N6S/c1-10-5-6-13(19-18-10)21-8-11(9-21)7-16-15-17-14(20-22-15)12-3-2-4-12/h5-6,11-12H,2-4,7-9H2,1H3,(H,16,17,20). The minimum absolute atomic E-state index is 0.617. The molecule has 2 aliphatic rings. The lowest BCUT2D eigenvalue weighted by molar-refractivity contribution is 0.404. The molecule has 2 aromatic heterocycles. The summed E-state index contributed by atoms with van der Waals surface area (Å²) in [5.41, 5.74) is 0.959. The summed E-state index contributed by atoms with van der Waals surface area (Å²) in [4.78, 5) is 6.87. The van der Waals surface area contributed by atoms with Gasteiger partial charge in [0.25, 0.3) is 0 Å². The molecule has 1 aliphatic heterocycles. The summed E-state index contributed by atoms with van der Waals surface area (Å²) < 4.78 is 4.47. The first kappa shape index (κ1) is 13.9. The minimum Gasteiger partial charge on any atom is -0.360 e. The summed E-state index contributed by atoms with van der Waals surface area (Å²) in [5.74, 6) is 3.28. The Labute approximate surface area is 134 Å². The number of aromatic nitrogens is 4. The number of hydrogen-bond donors (Lipinski definition) is 1. The van der Waals surface area contributed by atoms with Crippen LogP contribution in [-0.4, -0.2) is 39.2 Å². The highest BCUT2D eigenvalue weighted by molar-refractivity contribution is 7.09. The Hall–Kier alpha value is -1.76. The Morgan fingerprint density at radius 1 is 1.27 bits per heavy atom. The molecule has 1 saturated heterocycles. The second-order valence-electron chi connectivity index (χ2n) is 6.27. The van der Waals surface area contributed by atoms with E-state index in [1.54, 1.807) is 0 Å². The first-order valence-electron chi connectivity index (χ1n) is 7.90. The maximum atomic E-state index is 4.61. The van der Waals surface area contributed by atoms with E-state index in [1.165, 1.54) is 30.8 Å². The van der Waals surface area contributed by atoms with Crippen molar-refractivity contribution in [2.45, 2.75) is 32.1 Å². The van der Waals surface area contributed by atoms with E-state index in [9.17, 15) is 0 Å². The van der Waals surface area contributed by atoms with Crippen molar-refractivity contribution in [1.82, 2.24) is 19.6 Å². The molecule has 0 bridgehead atoms. The number of anilines is 2. The van der Waals surface area contributed by atoms with Gasteiger partial charge in [-0.1, -0.05) is 6.42 Å². The minimum atomic E-state index is 0.617. The fourth-order valence-corrected chi connectivity index (χ4v) is 3.47. The van der Waals surface area contributed by atoms with Gasteiger partial charge in [0.2, 0.25) is 5.13 Å². The molecule has 6 nitrogen and oxygen atoms in total. The highest BCUT2D eigenvalue weighted by Crippen LogP contribution is 2.35. The van der Waals surface area contributed by atoms with Crippen molar-refractivity contribution >= 4 is 22.5 Å². The maximum absolute atomic E-state index is 4.61. The van der Waals surface area contributed by atoms with Crippen molar-refractivity contribution in [3.8, 4) is 0 Å². The van der Waals surface area contributed by atoms with Crippen LogP contribution < -0.4 is 10.2 Å². The lowest BCUT2D eigenvalue weighted by Crippen LogP contribution is -2.50. The Bertz CT molecular complexity index is 630. The zero-order valence-corrected chi connectivity index (χ0v) is 13.5. The molecule has 0 radical (unpaired) electrons. The number of aryl methyl sites for hydroxylation is 1. The van der Waals surface area contributed by atoms with Crippen molar-refractivity contribution in [2.24, 2.45) is 5.92 Å². The summed E-state index contributed by atoms with van der Waals surface area (Å²) in [6.07, 6.45) is 3.84. The van der Waals surface area contributed by atoms with Crippen LogP contribution >= 0.6 is 11.5 Å². The summed E-state index contributed by atoms with van der Waals surface area (Å²) in [6.45, 7) is 4.96. The summed E-state index contributed by atoms with van der Waals surface area (Å²) in [5, 5.41) is 12.7. The maximum Gasteiger partial charge on any atom is 0.202 e. The van der Waals surface area contributed by atoms with Gasteiger partial charge in [-0.15, -0.1) is 5.10 Å². The van der Waals surface area contributed by atoms with Crippen LogP contribution in [0.4, 0.5) is 10.9 Å². The van der Waals surface area contributed by atoms with Crippen LogP contribution in [0.25, 0.3) is 0 Å². The van der Waals surface area contributed by atoms with E-state index in [0.717, 1.165) is 42.1 Å². The zero-order valence-electron chi connectivity index (χ0n) is 12.7. The Morgan fingerprint density at radius 3 is 2.82 bits per heavy atom. The molecule has 2 aromatic rings. The van der Waals surface area contributed by atoms with Crippen LogP contribution in [0, 0.1) is 12.8 Å². The van der Waals surface area contributed by atoms with E-state index in [1.807, 2.05) is 19.1 Å². The number of rotatable bonds is 5. The third-order valence-electron chi connectivity index (χ3n) is 4.52. The van der Waals surface area contributed by atoms with Crippen molar-refractivity contribution in [2.75, 3.05) is 29.9 Å². The van der Waals surface area contributed by atoms with Gasteiger partial charge in [-0.25, -0.2) is 4.98 Å². The molecule has 1 saturated carbocycles. The second kappa shape index (κ2) is 5.79. The molecule has 0 atom stereocenters. The first-order chi connectivity index (χ1) is 10.8. The van der Waals surface area contributed by atoms with Crippen LogP contribution in [0.3, 0.4) is 0 Å². The summed E-state index contributed by atoms with van der Waals surface area (Å²) >= 11 is 1.49. The van der Waals surface area contributed by atoms with Gasteiger partial charge in [0, 0.05) is 43.0 Å². The van der Waals surface area contributed by atoms with Crippen LogP contribution in [0.15, 0.2) is 12.1 Å². The van der Waals surface area contributed by atoms with Crippen molar-refractivity contribution in [3.63, 3.8) is 0 Å². The summed E-state index contributed by atoms with van der Waals surface area (Å²) in [7, 11) is 0. The highest BCUT2D eigenvalue weighted by Gasteiger charge is 2.28. The van der Waals surface area contributed by atoms with Gasteiger partial charge in [-0.05, 0) is 31.9 Å². The smallest absolute Gasteiger partial charge is 0.202 e. The van der Waals surface area contributed by atoms with Gasteiger partial charge < -0.3 is 10.2 Å². The number of nitrogens with one attached hydrogen (secondary N) is 1. The van der Waals surface area contributed by atoms with Gasteiger partial charge in [0.1, 0.15) is 5.82 Å². The van der Waals surface area contributed by atoms with E-state index in [2.05, 4.69) is 29.8 Å². The molecule has 1 aliphatic carbocycles. The molecule has 0 unspecified atom stereocenters. The molecule has 7 heteroatoms. The normalized spacial score (nSPS) is 18.9. The van der Waals surface area contributed by atoms with Crippen molar-refractivity contribution in [1.29, 1.82) is 0 Å². The number of hydrogen-bond acceptors (Lipinski definition) is 7. The van der Waals surface area contributed by atoms with Gasteiger partial charge in [-0.3, -0.25) is 0 Å². The Morgan fingerprint density at radius 2 is 2.14 bits per heavy atom. The first-order valence-corrected chi connectivity index (χ1v) is 8.68. The fourth-order valence-electron chi connectivity index (χ4n) is 2.82. The fraction of sp³-hybridized carbons (Fsp3) is 0.600. The lowest BCUT2D eigenvalue weighted by Gasteiger charge is -2.39. The lowest BCUT2D eigenvalue weighted by atomic mass is 9.85. The molecular formula is C15H20N6S. The zero-order chi connectivity index (χ0) is 14.9. The van der Waals surface area contributed by atoms with Gasteiger partial charge in [0.15, 0.2) is 5.82 Å². The second-order valence-corrected chi connectivity index (χ2v) is 7.02. The molecule has 0 aromatic carbocycles. The van der Waals surface area contributed by atoms with Crippen LogP contribution in [0.2, 0.25) is 0 Å². The number of nitrogens with zero attached hydrogens (tertiary/aromatic N) is 5. The predicted octanol–water partition coefficient (Wildman–Crippen LogP) is 2.45. The molecule has 3 heterocycles. The van der Waals surface area contributed by atoms with Gasteiger partial charge in [0.05, 0.1) is 5.69 Å². The Balaban J connectivity index is 1.24. The predicted molar refractivity (Wildman–Crippen MR) is 87.5 cm³/mol. The topological polar surface area (TPSA) is 66.8 Å². The van der Waals surface area contributed by atoms with Crippen molar-refractivity contribution < 1.29 is 0 Å². The van der Waals surface area contributed by atoms with Crippen molar-refractivity contribution in [3.05, 3.63) is 23.7 Å². The quantitative estimate of drug-likeness (QED) is 0.914. The molecule has 4 rings (SSSR count). The van der Waals surface area contributed by atoms with Gasteiger partial charge in [-0.2, -0.15) is 9.47 Å². The monoisotopic (exact) mass is 316 g/mol. The van der Waals surface area contributed by atoms with E-state index >= 15 is 0 Å². The molecule has 2 fully saturated rings. The van der Waals surface area contributed by atoms with E-state index < -0.39 is 0 Å². The third-order valence-corrected chi connectivity index (χ3v) is 5.21. The van der Waals surface area contributed by atoms with E-state index in [0.29, 0.717) is 11.8 Å². The largest absolute Gasteiger partial charge is 0.360 e. The molecule has 0 amide bonds. The SMILES string of the molecule is Cc1ccc(N2CC(CNc3nc(C4CCC4)ns3)C2)nn1. The summed E-state index contributed by atoms with van der Waals surface area (Å²) in [6, 6.07) is 4.05. The Kier molecular flexibility index (Phi) is 3.65. The third kappa shape index (κ3) is 2.77. The van der Waals surface area contributed by atoms with Crippen LogP contribution in [0.1, 0.15) is 36.7 Å². The van der Waals surface area contributed by atoms with E-state index in [4.69, 9.17) is 0 Å². The van der Waals surface area contributed by atoms with Gasteiger partial charge >= 0.3 is 0 Å². The molecular weight excluding hydrogens is 296 g/mol. The van der Waals surface area contributed by atoms with E-state index in [-0.39, 0.29) is 0 Å².